The van der Waals surface area contributed by atoms with Crippen molar-refractivity contribution < 1.29 is 17.9 Å². The van der Waals surface area contributed by atoms with E-state index in [9.17, 15) is 13.2 Å². The number of ether oxygens (including phenoxy) is 1. The number of morpholine rings is 1. The van der Waals surface area contributed by atoms with Gasteiger partial charge in [-0.2, -0.15) is 4.31 Å². The van der Waals surface area contributed by atoms with Crippen molar-refractivity contribution in [3.63, 3.8) is 0 Å². The van der Waals surface area contributed by atoms with Gasteiger partial charge in [0.1, 0.15) is 4.75 Å². The first-order valence-corrected chi connectivity index (χ1v) is 7.03. The van der Waals surface area contributed by atoms with Gasteiger partial charge in [-0.25, -0.2) is 8.42 Å². The molecule has 1 heterocycles. The molecule has 0 radical (unpaired) electrons. The maximum absolute atomic E-state index is 12.4. The first-order chi connectivity index (χ1) is 7.51. The number of Topliss-reactive ketones (excluding diaryl/α,β-unsaturated/α-hetero) is 1. The number of carbonyl (C=O) groups excluding carboxylic acids is 1. The van der Waals surface area contributed by atoms with Crippen LogP contribution in [0.25, 0.3) is 0 Å². The summed E-state index contributed by atoms with van der Waals surface area (Å²) in [5.74, 6) is -0.217. The Labute approximate surface area is 95.8 Å². The fourth-order valence-electron chi connectivity index (χ4n) is 2.32. The SMILES string of the molecule is CC(=O)C1(S(=O)(=O)N2CCOCC2)CCC1. The summed E-state index contributed by atoms with van der Waals surface area (Å²) in [6.45, 7) is 2.98. The van der Waals surface area contributed by atoms with Gasteiger partial charge < -0.3 is 4.74 Å². The zero-order valence-corrected chi connectivity index (χ0v) is 10.3. The van der Waals surface area contributed by atoms with Crippen LogP contribution in [0, 0.1) is 0 Å². The lowest BCUT2D eigenvalue weighted by Crippen LogP contribution is -2.58. The van der Waals surface area contributed by atoms with E-state index in [-0.39, 0.29) is 5.78 Å². The Hall–Kier alpha value is -0.460. The van der Waals surface area contributed by atoms with Gasteiger partial charge in [0, 0.05) is 13.1 Å². The quantitative estimate of drug-likeness (QED) is 0.712. The summed E-state index contributed by atoms with van der Waals surface area (Å²) in [4.78, 5) is 11.6. The molecule has 0 aromatic rings. The van der Waals surface area contributed by atoms with Crippen molar-refractivity contribution in [2.45, 2.75) is 30.9 Å². The second-order valence-corrected chi connectivity index (χ2v) is 6.67. The van der Waals surface area contributed by atoms with Gasteiger partial charge in [0.15, 0.2) is 5.78 Å². The van der Waals surface area contributed by atoms with E-state index >= 15 is 0 Å². The number of sulfonamides is 1. The number of ketones is 1. The molecule has 1 saturated heterocycles. The van der Waals surface area contributed by atoms with Crippen LogP contribution in [0.5, 0.6) is 0 Å². The van der Waals surface area contributed by atoms with Crippen LogP contribution in [0.3, 0.4) is 0 Å². The maximum atomic E-state index is 12.4. The molecule has 5 nitrogen and oxygen atoms in total. The molecule has 92 valence electrons. The molecule has 1 saturated carbocycles. The van der Waals surface area contributed by atoms with Crippen molar-refractivity contribution >= 4 is 15.8 Å². The first-order valence-electron chi connectivity index (χ1n) is 5.59. The molecule has 1 aliphatic heterocycles. The number of nitrogens with zero attached hydrogens (tertiary/aromatic N) is 1. The summed E-state index contributed by atoms with van der Waals surface area (Å²) in [7, 11) is -3.48. The van der Waals surface area contributed by atoms with Gasteiger partial charge in [-0.05, 0) is 26.2 Å². The molecule has 0 bridgehead atoms. The highest BCUT2D eigenvalue weighted by Gasteiger charge is 2.55. The van der Waals surface area contributed by atoms with Crippen LogP contribution in [-0.2, 0) is 19.6 Å². The zero-order chi connectivity index (χ0) is 11.8. The standard InChI is InChI=1S/C10H17NO4S/c1-9(12)10(3-2-4-10)16(13,14)11-5-7-15-8-6-11/h2-8H2,1H3. The Morgan fingerprint density at radius 3 is 2.19 bits per heavy atom. The smallest absolute Gasteiger partial charge is 0.227 e. The predicted octanol–water partition coefficient (Wildman–Crippen LogP) is 0.160. The van der Waals surface area contributed by atoms with E-state index < -0.39 is 14.8 Å². The van der Waals surface area contributed by atoms with Gasteiger partial charge in [-0.3, -0.25) is 4.79 Å². The molecule has 0 N–H and O–H groups in total. The lowest BCUT2D eigenvalue weighted by Gasteiger charge is -2.42. The van der Waals surface area contributed by atoms with Crippen LogP contribution in [0.4, 0.5) is 0 Å². The molecule has 0 aromatic heterocycles. The fourth-order valence-corrected chi connectivity index (χ4v) is 4.62. The Kier molecular flexibility index (Phi) is 3.07. The van der Waals surface area contributed by atoms with Crippen LogP contribution in [0.1, 0.15) is 26.2 Å². The minimum atomic E-state index is -3.48. The number of rotatable bonds is 3. The molecule has 16 heavy (non-hydrogen) atoms. The van der Waals surface area contributed by atoms with Crippen LogP contribution < -0.4 is 0 Å². The van der Waals surface area contributed by atoms with Crippen molar-refractivity contribution in [3.8, 4) is 0 Å². The maximum Gasteiger partial charge on any atom is 0.227 e. The highest BCUT2D eigenvalue weighted by atomic mass is 32.2. The molecule has 2 rings (SSSR count). The van der Waals surface area contributed by atoms with Crippen molar-refractivity contribution in [1.29, 1.82) is 0 Å². The summed E-state index contributed by atoms with van der Waals surface area (Å²) < 4.78 is 30.2. The molecule has 0 atom stereocenters. The molecule has 0 aromatic carbocycles. The number of hydrogen-bond acceptors (Lipinski definition) is 4. The normalized spacial score (nSPS) is 26.1. The Morgan fingerprint density at radius 1 is 1.25 bits per heavy atom. The lowest BCUT2D eigenvalue weighted by atomic mass is 9.81. The largest absolute Gasteiger partial charge is 0.379 e. The molecule has 0 amide bonds. The third-order valence-corrected chi connectivity index (χ3v) is 6.33. The van der Waals surface area contributed by atoms with Gasteiger partial charge in [0.05, 0.1) is 13.2 Å². The molecule has 2 aliphatic rings. The molecule has 0 unspecified atom stereocenters. The summed E-state index contributed by atoms with van der Waals surface area (Å²) in [5.41, 5.74) is 0. The first kappa shape index (κ1) is 12.0. The van der Waals surface area contributed by atoms with Crippen molar-refractivity contribution in [2.24, 2.45) is 0 Å². The third kappa shape index (κ3) is 1.59. The number of hydrogen-bond donors (Lipinski definition) is 0. The van der Waals surface area contributed by atoms with Crippen LogP contribution in [0.15, 0.2) is 0 Å². The van der Waals surface area contributed by atoms with Gasteiger partial charge >= 0.3 is 0 Å². The number of carbonyl (C=O) groups is 1. The van der Waals surface area contributed by atoms with Crippen LogP contribution in [-0.4, -0.2) is 49.6 Å². The zero-order valence-electron chi connectivity index (χ0n) is 9.44. The van der Waals surface area contributed by atoms with E-state index in [0.717, 1.165) is 6.42 Å². The van der Waals surface area contributed by atoms with E-state index in [1.807, 2.05) is 0 Å². The van der Waals surface area contributed by atoms with Gasteiger partial charge in [0.25, 0.3) is 0 Å². The van der Waals surface area contributed by atoms with Crippen molar-refractivity contribution in [1.82, 2.24) is 4.31 Å². The Balaban J connectivity index is 2.26. The van der Waals surface area contributed by atoms with E-state index in [2.05, 4.69) is 0 Å². The summed E-state index contributed by atoms with van der Waals surface area (Å²) >= 11 is 0. The summed E-state index contributed by atoms with van der Waals surface area (Å²) in [6.07, 6.45) is 1.77. The molecular formula is C10H17NO4S. The molecule has 2 fully saturated rings. The predicted molar refractivity (Wildman–Crippen MR) is 58.6 cm³/mol. The molecule has 6 heteroatoms. The average Bonchev–Trinajstić information content (AvgIpc) is 2.16. The average molecular weight is 247 g/mol. The third-order valence-electron chi connectivity index (χ3n) is 3.61. The monoisotopic (exact) mass is 247 g/mol. The van der Waals surface area contributed by atoms with E-state index in [4.69, 9.17) is 4.74 Å². The summed E-state index contributed by atoms with van der Waals surface area (Å²) in [5, 5.41) is 0. The molecular weight excluding hydrogens is 230 g/mol. The minimum Gasteiger partial charge on any atom is -0.379 e. The van der Waals surface area contributed by atoms with E-state index in [1.165, 1.54) is 11.2 Å². The van der Waals surface area contributed by atoms with E-state index in [0.29, 0.717) is 39.1 Å². The highest BCUT2D eigenvalue weighted by molar-refractivity contribution is 7.91. The second kappa shape index (κ2) is 4.09. The molecule has 0 spiro atoms. The minimum absolute atomic E-state index is 0.217. The summed E-state index contributed by atoms with van der Waals surface area (Å²) in [6, 6.07) is 0. The Bertz CT molecular complexity index is 380. The lowest BCUT2D eigenvalue weighted by molar-refractivity contribution is -0.121. The Morgan fingerprint density at radius 2 is 1.81 bits per heavy atom. The van der Waals surface area contributed by atoms with Crippen molar-refractivity contribution in [2.75, 3.05) is 26.3 Å². The topological polar surface area (TPSA) is 63.7 Å². The van der Waals surface area contributed by atoms with E-state index in [1.54, 1.807) is 0 Å². The van der Waals surface area contributed by atoms with Crippen LogP contribution >= 0.6 is 0 Å². The molecule has 1 aliphatic carbocycles. The van der Waals surface area contributed by atoms with Gasteiger partial charge in [0.2, 0.25) is 10.0 Å². The second-order valence-electron chi connectivity index (χ2n) is 4.42. The van der Waals surface area contributed by atoms with Crippen molar-refractivity contribution in [3.05, 3.63) is 0 Å². The fraction of sp³-hybridized carbons (Fsp3) is 0.900. The van der Waals surface area contributed by atoms with Gasteiger partial charge in [-0.1, -0.05) is 0 Å². The highest BCUT2D eigenvalue weighted by Crippen LogP contribution is 2.42. The van der Waals surface area contributed by atoms with Gasteiger partial charge in [-0.15, -0.1) is 0 Å². The van der Waals surface area contributed by atoms with Crippen LogP contribution in [0.2, 0.25) is 0 Å².